The van der Waals surface area contributed by atoms with Crippen molar-refractivity contribution in [2.24, 2.45) is 0 Å². The third kappa shape index (κ3) is 2.80. The van der Waals surface area contributed by atoms with E-state index in [4.69, 9.17) is 0 Å². The highest BCUT2D eigenvalue weighted by atomic mass is 32.2. The quantitative estimate of drug-likeness (QED) is 0.712. The van der Waals surface area contributed by atoms with E-state index in [1.54, 1.807) is 6.08 Å². The molecule has 0 aromatic rings. The van der Waals surface area contributed by atoms with Crippen molar-refractivity contribution in [2.75, 3.05) is 5.75 Å². The van der Waals surface area contributed by atoms with Crippen LogP contribution >= 0.6 is 0 Å². The Labute approximate surface area is 90.3 Å². The summed E-state index contributed by atoms with van der Waals surface area (Å²) in [7, 11) is -2.99. The van der Waals surface area contributed by atoms with E-state index < -0.39 is 9.84 Å². The maximum atomic E-state index is 11.2. The van der Waals surface area contributed by atoms with Crippen LogP contribution < -0.4 is 5.32 Å². The lowest BCUT2D eigenvalue weighted by atomic mass is 9.92. The maximum Gasteiger partial charge on any atom is 0.173 e. The molecule has 1 saturated carbocycles. The third-order valence-corrected chi connectivity index (χ3v) is 4.48. The molecule has 0 aromatic carbocycles. The Balaban J connectivity index is 1.90. The number of aliphatic hydroxyl groups is 1. The van der Waals surface area contributed by atoms with Gasteiger partial charge in [-0.05, 0) is 12.8 Å². The predicted octanol–water partition coefficient (Wildman–Crippen LogP) is 0.190. The summed E-state index contributed by atoms with van der Waals surface area (Å²) in [6.45, 7) is 0. The van der Waals surface area contributed by atoms with Crippen LogP contribution in [0.1, 0.15) is 25.7 Å². The fourth-order valence-electron chi connectivity index (χ4n) is 2.26. The van der Waals surface area contributed by atoms with Gasteiger partial charge in [0.25, 0.3) is 0 Å². The van der Waals surface area contributed by atoms with Gasteiger partial charge in [-0.15, -0.1) is 0 Å². The highest BCUT2D eigenvalue weighted by molar-refractivity contribution is 7.94. The molecule has 1 fully saturated rings. The molecule has 0 saturated heterocycles. The Bertz CT molecular complexity index is 350. The van der Waals surface area contributed by atoms with Crippen molar-refractivity contribution < 1.29 is 13.5 Å². The van der Waals surface area contributed by atoms with E-state index in [2.05, 4.69) is 5.32 Å². The lowest BCUT2D eigenvalue weighted by Gasteiger charge is -2.30. The topological polar surface area (TPSA) is 66.4 Å². The Kier molecular flexibility index (Phi) is 3.13. The minimum absolute atomic E-state index is 0.0571. The van der Waals surface area contributed by atoms with Crippen LogP contribution in [0.3, 0.4) is 0 Å². The molecule has 1 heterocycles. The van der Waals surface area contributed by atoms with Gasteiger partial charge in [-0.25, -0.2) is 8.42 Å². The Morgan fingerprint density at radius 2 is 2.00 bits per heavy atom. The largest absolute Gasteiger partial charge is 0.392 e. The van der Waals surface area contributed by atoms with Crippen LogP contribution in [0, 0.1) is 0 Å². The van der Waals surface area contributed by atoms with E-state index in [1.165, 1.54) is 5.41 Å². The molecule has 0 bridgehead atoms. The molecule has 2 aliphatic rings. The molecule has 0 radical (unpaired) electrons. The molecular formula is C10H17NO3S. The molecule has 1 aliphatic carbocycles. The van der Waals surface area contributed by atoms with Gasteiger partial charge in [0.05, 0.1) is 11.9 Å². The molecule has 0 aromatic heterocycles. The molecule has 3 atom stereocenters. The van der Waals surface area contributed by atoms with Crippen molar-refractivity contribution in [1.29, 1.82) is 0 Å². The fraction of sp³-hybridized carbons (Fsp3) is 0.800. The summed E-state index contributed by atoms with van der Waals surface area (Å²) < 4.78 is 22.3. The molecule has 2 N–H and O–H groups in total. The SMILES string of the molecule is O=S1(=O)C=CC(N[C@@H]2CCCC[C@H]2O)C1. The molecule has 4 nitrogen and oxygen atoms in total. The monoisotopic (exact) mass is 231 g/mol. The zero-order valence-electron chi connectivity index (χ0n) is 8.59. The van der Waals surface area contributed by atoms with E-state index >= 15 is 0 Å². The lowest BCUT2D eigenvalue weighted by Crippen LogP contribution is -2.47. The Hall–Kier alpha value is -0.390. The highest BCUT2D eigenvalue weighted by Crippen LogP contribution is 2.20. The van der Waals surface area contributed by atoms with E-state index in [9.17, 15) is 13.5 Å². The van der Waals surface area contributed by atoms with Gasteiger partial charge in [0, 0.05) is 17.5 Å². The second-order valence-electron chi connectivity index (χ2n) is 4.39. The number of nitrogens with one attached hydrogen (secondary N) is 1. The van der Waals surface area contributed by atoms with Gasteiger partial charge < -0.3 is 10.4 Å². The molecule has 1 aliphatic heterocycles. The van der Waals surface area contributed by atoms with Crippen LogP contribution in [0.4, 0.5) is 0 Å². The molecule has 1 unspecified atom stereocenters. The lowest BCUT2D eigenvalue weighted by molar-refractivity contribution is 0.0888. The number of rotatable bonds is 2. The maximum absolute atomic E-state index is 11.2. The first-order chi connectivity index (χ1) is 7.07. The van der Waals surface area contributed by atoms with Gasteiger partial charge in [-0.1, -0.05) is 18.9 Å². The van der Waals surface area contributed by atoms with Gasteiger partial charge in [0.15, 0.2) is 9.84 Å². The minimum atomic E-state index is -2.99. The summed E-state index contributed by atoms with van der Waals surface area (Å²) in [6, 6.07) is -0.0607. The van der Waals surface area contributed by atoms with Gasteiger partial charge in [-0.2, -0.15) is 0 Å². The van der Waals surface area contributed by atoms with Crippen LogP contribution in [0.2, 0.25) is 0 Å². The minimum Gasteiger partial charge on any atom is -0.392 e. The van der Waals surface area contributed by atoms with Gasteiger partial charge in [0.2, 0.25) is 0 Å². The van der Waals surface area contributed by atoms with Crippen molar-refractivity contribution in [3.8, 4) is 0 Å². The molecule has 2 rings (SSSR count). The van der Waals surface area contributed by atoms with Gasteiger partial charge in [-0.3, -0.25) is 0 Å². The number of aliphatic hydroxyl groups excluding tert-OH is 1. The van der Waals surface area contributed by atoms with Crippen LogP contribution in [-0.4, -0.2) is 37.5 Å². The van der Waals surface area contributed by atoms with Crippen molar-refractivity contribution in [1.82, 2.24) is 5.32 Å². The fourth-order valence-corrected chi connectivity index (χ4v) is 3.51. The van der Waals surface area contributed by atoms with Crippen molar-refractivity contribution >= 4 is 9.84 Å². The smallest absolute Gasteiger partial charge is 0.173 e. The Morgan fingerprint density at radius 3 is 2.60 bits per heavy atom. The first-order valence-electron chi connectivity index (χ1n) is 5.42. The zero-order chi connectivity index (χ0) is 10.9. The van der Waals surface area contributed by atoms with E-state index in [-0.39, 0.29) is 23.9 Å². The van der Waals surface area contributed by atoms with Crippen molar-refractivity contribution in [3.63, 3.8) is 0 Å². The zero-order valence-corrected chi connectivity index (χ0v) is 9.41. The van der Waals surface area contributed by atoms with Crippen LogP contribution in [0.15, 0.2) is 11.5 Å². The number of hydrogen-bond donors (Lipinski definition) is 2. The standard InChI is InChI=1S/C10H17NO3S/c12-10-4-2-1-3-9(10)11-8-5-6-15(13,14)7-8/h5-6,8-12H,1-4,7H2/t8?,9-,10-/m1/s1. The van der Waals surface area contributed by atoms with Gasteiger partial charge >= 0.3 is 0 Å². The van der Waals surface area contributed by atoms with Gasteiger partial charge in [0.1, 0.15) is 0 Å². The molecule has 86 valence electrons. The Morgan fingerprint density at radius 1 is 1.27 bits per heavy atom. The highest BCUT2D eigenvalue weighted by Gasteiger charge is 2.28. The third-order valence-electron chi connectivity index (χ3n) is 3.09. The van der Waals surface area contributed by atoms with E-state index in [1.807, 2.05) is 0 Å². The molecule has 5 heteroatoms. The summed E-state index contributed by atoms with van der Waals surface area (Å²) >= 11 is 0. The summed E-state index contributed by atoms with van der Waals surface area (Å²) in [5.41, 5.74) is 0. The predicted molar refractivity (Wildman–Crippen MR) is 58.1 cm³/mol. The second kappa shape index (κ2) is 4.23. The first-order valence-corrected chi connectivity index (χ1v) is 7.13. The van der Waals surface area contributed by atoms with Crippen molar-refractivity contribution in [2.45, 2.75) is 43.9 Å². The average Bonchev–Trinajstić information content (AvgIpc) is 2.50. The number of hydrogen-bond acceptors (Lipinski definition) is 4. The van der Waals surface area contributed by atoms with E-state index in [0.717, 1.165) is 25.7 Å². The molecular weight excluding hydrogens is 214 g/mol. The average molecular weight is 231 g/mol. The van der Waals surface area contributed by atoms with E-state index in [0.29, 0.717) is 0 Å². The normalized spacial score (nSPS) is 39.4. The van der Waals surface area contributed by atoms with Crippen LogP contribution in [0.5, 0.6) is 0 Å². The summed E-state index contributed by atoms with van der Waals surface area (Å²) in [5.74, 6) is 0.135. The molecule has 0 amide bonds. The molecule has 0 spiro atoms. The van der Waals surface area contributed by atoms with Crippen LogP contribution in [0.25, 0.3) is 0 Å². The number of sulfone groups is 1. The van der Waals surface area contributed by atoms with Crippen LogP contribution in [-0.2, 0) is 9.84 Å². The second-order valence-corrected chi connectivity index (χ2v) is 6.32. The summed E-state index contributed by atoms with van der Waals surface area (Å²) in [4.78, 5) is 0. The molecule has 15 heavy (non-hydrogen) atoms. The first kappa shape index (κ1) is 11.1. The summed E-state index contributed by atoms with van der Waals surface area (Å²) in [5, 5.41) is 14.2. The van der Waals surface area contributed by atoms with Crippen molar-refractivity contribution in [3.05, 3.63) is 11.5 Å². The summed E-state index contributed by atoms with van der Waals surface area (Å²) in [6.07, 6.45) is 5.29.